The Bertz CT molecular complexity index is 281. The molecular weight excluding hydrogens is 218 g/mol. The number of carboxylic acids is 1. The normalized spacial score (nSPS) is 30.5. The summed E-state index contributed by atoms with van der Waals surface area (Å²) in [7, 11) is 0. The van der Waals surface area contributed by atoms with Gasteiger partial charge in [-0.15, -0.1) is 11.8 Å². The largest absolute Gasteiger partial charge is 0.480 e. The molecule has 1 heterocycles. The fourth-order valence-corrected chi connectivity index (χ4v) is 2.36. The predicted octanol–water partition coefficient (Wildman–Crippen LogP) is 0.444. The van der Waals surface area contributed by atoms with Crippen LogP contribution in [0.5, 0.6) is 0 Å². The van der Waals surface area contributed by atoms with E-state index in [0.29, 0.717) is 5.75 Å². The van der Waals surface area contributed by atoms with Crippen LogP contribution in [0.4, 0.5) is 0 Å². The van der Waals surface area contributed by atoms with E-state index < -0.39 is 22.9 Å². The van der Waals surface area contributed by atoms with Crippen molar-refractivity contribution in [2.24, 2.45) is 0 Å². The molecule has 0 amide bonds. The van der Waals surface area contributed by atoms with Gasteiger partial charge in [0.1, 0.15) is 6.04 Å². The highest BCUT2D eigenvalue weighted by molar-refractivity contribution is 8.01. The Morgan fingerprint density at radius 2 is 2.20 bits per heavy atom. The van der Waals surface area contributed by atoms with Crippen LogP contribution in [-0.2, 0) is 14.3 Å². The van der Waals surface area contributed by atoms with E-state index in [-0.39, 0.29) is 6.10 Å². The summed E-state index contributed by atoms with van der Waals surface area (Å²) in [5, 5.41) is 11.5. The Kier molecular flexibility index (Phi) is 3.62. The lowest BCUT2D eigenvalue weighted by molar-refractivity contribution is -0.151. The molecule has 0 aromatic heterocycles. The van der Waals surface area contributed by atoms with E-state index in [1.54, 1.807) is 20.8 Å². The Balaban J connectivity index is 2.62. The van der Waals surface area contributed by atoms with Crippen molar-refractivity contribution in [3.63, 3.8) is 0 Å². The van der Waals surface area contributed by atoms with Crippen LogP contribution in [0, 0.1) is 0 Å². The van der Waals surface area contributed by atoms with Gasteiger partial charge in [0.2, 0.25) is 0 Å². The first-order valence-electron chi connectivity index (χ1n) is 4.70. The van der Waals surface area contributed by atoms with Gasteiger partial charge in [0.25, 0.3) is 0 Å². The van der Waals surface area contributed by atoms with Crippen LogP contribution in [0.15, 0.2) is 0 Å². The van der Waals surface area contributed by atoms with Crippen molar-refractivity contribution in [3.8, 4) is 0 Å². The summed E-state index contributed by atoms with van der Waals surface area (Å²) >= 11 is 1.26. The number of hydrogen-bond acceptors (Lipinski definition) is 5. The number of esters is 1. The average molecular weight is 233 g/mol. The van der Waals surface area contributed by atoms with Gasteiger partial charge < -0.3 is 9.84 Å². The zero-order valence-corrected chi connectivity index (χ0v) is 9.76. The van der Waals surface area contributed by atoms with Crippen LogP contribution >= 0.6 is 11.8 Å². The van der Waals surface area contributed by atoms with Crippen molar-refractivity contribution in [2.75, 3.05) is 5.75 Å². The molecule has 15 heavy (non-hydrogen) atoms. The van der Waals surface area contributed by atoms with Crippen molar-refractivity contribution in [2.45, 2.75) is 37.8 Å². The number of thioether (sulfide) groups is 1. The molecule has 2 N–H and O–H groups in total. The molecule has 1 aliphatic rings. The number of ether oxygens (including phenoxy) is 1. The molecular formula is C9H15NO4S. The highest BCUT2D eigenvalue weighted by Crippen LogP contribution is 2.31. The standard InChI is InChI=1S/C9H15NO4S/c1-5(2)14-8(13)9(3)10-6(4-15-9)7(11)12/h5-6,10H,4H2,1-3H3,(H,11,12)/t6-,9?/m0/s1. The summed E-state index contributed by atoms with van der Waals surface area (Å²) in [6.45, 7) is 5.16. The van der Waals surface area contributed by atoms with Gasteiger partial charge in [-0.25, -0.2) is 4.79 Å². The maximum Gasteiger partial charge on any atom is 0.336 e. The van der Waals surface area contributed by atoms with Gasteiger partial charge in [-0.2, -0.15) is 0 Å². The van der Waals surface area contributed by atoms with Gasteiger partial charge in [-0.1, -0.05) is 0 Å². The number of aliphatic carboxylic acids is 1. The van der Waals surface area contributed by atoms with E-state index >= 15 is 0 Å². The van der Waals surface area contributed by atoms with Crippen LogP contribution in [0.25, 0.3) is 0 Å². The molecule has 6 heteroatoms. The summed E-state index contributed by atoms with van der Waals surface area (Å²) < 4.78 is 5.05. The van der Waals surface area contributed by atoms with Crippen LogP contribution in [-0.4, -0.2) is 39.8 Å². The predicted molar refractivity (Wildman–Crippen MR) is 56.7 cm³/mol. The summed E-state index contributed by atoms with van der Waals surface area (Å²) in [5.41, 5.74) is 0. The molecule has 0 saturated carbocycles. The fraction of sp³-hybridized carbons (Fsp3) is 0.778. The molecule has 1 fully saturated rings. The zero-order valence-electron chi connectivity index (χ0n) is 8.94. The third kappa shape index (κ3) is 2.85. The van der Waals surface area contributed by atoms with Gasteiger partial charge in [0.05, 0.1) is 6.10 Å². The number of carbonyl (C=O) groups is 2. The first kappa shape index (κ1) is 12.3. The van der Waals surface area contributed by atoms with E-state index in [4.69, 9.17) is 9.84 Å². The van der Waals surface area contributed by atoms with Gasteiger partial charge in [-0.3, -0.25) is 10.1 Å². The molecule has 0 radical (unpaired) electrons. The fourth-order valence-electron chi connectivity index (χ4n) is 1.24. The molecule has 5 nitrogen and oxygen atoms in total. The van der Waals surface area contributed by atoms with Crippen LogP contribution in [0.3, 0.4) is 0 Å². The highest BCUT2D eigenvalue weighted by Gasteiger charge is 2.45. The minimum absolute atomic E-state index is 0.194. The molecule has 1 saturated heterocycles. The molecule has 1 unspecified atom stereocenters. The van der Waals surface area contributed by atoms with Gasteiger partial charge >= 0.3 is 11.9 Å². The summed E-state index contributed by atoms with van der Waals surface area (Å²) in [4.78, 5) is 21.4. The SMILES string of the molecule is CC(C)OC(=O)C1(C)N[C@H](C(=O)O)CS1. The Morgan fingerprint density at radius 3 is 2.60 bits per heavy atom. The van der Waals surface area contributed by atoms with Crippen LogP contribution in [0.2, 0.25) is 0 Å². The Morgan fingerprint density at radius 1 is 1.60 bits per heavy atom. The average Bonchev–Trinajstić information content (AvgIpc) is 2.48. The number of carboxylic acid groups (broad SMARTS) is 1. The topological polar surface area (TPSA) is 75.6 Å². The third-order valence-corrected chi connectivity index (χ3v) is 3.38. The number of nitrogens with one attached hydrogen (secondary N) is 1. The van der Waals surface area contributed by atoms with E-state index in [0.717, 1.165) is 0 Å². The second-order valence-corrected chi connectivity index (χ2v) is 5.27. The van der Waals surface area contributed by atoms with Gasteiger partial charge in [0.15, 0.2) is 4.87 Å². The molecule has 0 aromatic rings. The highest BCUT2D eigenvalue weighted by atomic mass is 32.2. The van der Waals surface area contributed by atoms with E-state index in [1.807, 2.05) is 0 Å². The van der Waals surface area contributed by atoms with E-state index in [9.17, 15) is 9.59 Å². The lowest BCUT2D eigenvalue weighted by Crippen LogP contribution is -2.49. The zero-order chi connectivity index (χ0) is 11.6. The summed E-state index contributed by atoms with van der Waals surface area (Å²) in [6.07, 6.45) is -0.194. The third-order valence-electron chi connectivity index (χ3n) is 2.02. The van der Waals surface area contributed by atoms with Crippen LogP contribution in [0.1, 0.15) is 20.8 Å². The van der Waals surface area contributed by atoms with Crippen molar-refractivity contribution in [1.82, 2.24) is 5.32 Å². The van der Waals surface area contributed by atoms with E-state index in [1.165, 1.54) is 11.8 Å². The number of rotatable bonds is 3. The molecule has 86 valence electrons. The van der Waals surface area contributed by atoms with Crippen molar-refractivity contribution in [3.05, 3.63) is 0 Å². The van der Waals surface area contributed by atoms with Gasteiger partial charge in [0, 0.05) is 5.75 Å². The lowest BCUT2D eigenvalue weighted by atomic mass is 10.2. The minimum Gasteiger partial charge on any atom is -0.480 e. The van der Waals surface area contributed by atoms with Crippen molar-refractivity contribution >= 4 is 23.7 Å². The molecule has 0 bridgehead atoms. The second kappa shape index (κ2) is 4.40. The maximum atomic E-state index is 11.6. The molecule has 0 aliphatic carbocycles. The first-order valence-corrected chi connectivity index (χ1v) is 5.69. The van der Waals surface area contributed by atoms with Crippen molar-refractivity contribution < 1.29 is 19.4 Å². The molecule has 1 aliphatic heterocycles. The quantitative estimate of drug-likeness (QED) is 0.689. The Hall–Kier alpha value is -0.750. The second-order valence-electron chi connectivity index (χ2n) is 3.83. The molecule has 1 rings (SSSR count). The number of carbonyl (C=O) groups excluding carboxylic acids is 1. The number of hydrogen-bond donors (Lipinski definition) is 2. The Labute approximate surface area is 92.6 Å². The van der Waals surface area contributed by atoms with Crippen LogP contribution < -0.4 is 5.32 Å². The van der Waals surface area contributed by atoms with Gasteiger partial charge in [-0.05, 0) is 20.8 Å². The summed E-state index contributed by atoms with van der Waals surface area (Å²) in [6, 6.07) is -0.681. The summed E-state index contributed by atoms with van der Waals surface area (Å²) in [5.74, 6) is -0.978. The van der Waals surface area contributed by atoms with E-state index in [2.05, 4.69) is 5.32 Å². The van der Waals surface area contributed by atoms with Crippen molar-refractivity contribution in [1.29, 1.82) is 0 Å². The lowest BCUT2D eigenvalue weighted by Gasteiger charge is -2.23. The maximum absolute atomic E-state index is 11.6. The monoisotopic (exact) mass is 233 g/mol. The molecule has 0 spiro atoms. The first-order chi connectivity index (χ1) is 6.85. The molecule has 0 aromatic carbocycles. The smallest absolute Gasteiger partial charge is 0.336 e. The molecule has 2 atom stereocenters. The minimum atomic E-state index is -0.941.